The van der Waals surface area contributed by atoms with Crippen LogP contribution in [0.3, 0.4) is 0 Å². The third-order valence-corrected chi connectivity index (χ3v) is 4.65. The van der Waals surface area contributed by atoms with Crippen molar-refractivity contribution in [2.45, 2.75) is 13.3 Å². The molecule has 4 aromatic rings. The number of anilines is 1. The summed E-state index contributed by atoms with van der Waals surface area (Å²) in [6.07, 6.45) is 3.75. The van der Waals surface area contributed by atoms with Crippen molar-refractivity contribution in [3.63, 3.8) is 0 Å². The fourth-order valence-electron chi connectivity index (χ4n) is 3.12. The van der Waals surface area contributed by atoms with Crippen LogP contribution in [0.5, 0.6) is 5.75 Å². The first kappa shape index (κ1) is 20.0. The van der Waals surface area contributed by atoms with Crippen LogP contribution >= 0.6 is 0 Å². The maximum Gasteiger partial charge on any atom is 0.347 e. The van der Waals surface area contributed by atoms with E-state index in [2.05, 4.69) is 15.4 Å². The average molecular weight is 412 g/mol. The van der Waals surface area contributed by atoms with Crippen LogP contribution in [0.2, 0.25) is 0 Å². The van der Waals surface area contributed by atoms with Crippen LogP contribution in [0.15, 0.2) is 85.2 Å². The van der Waals surface area contributed by atoms with Crippen LogP contribution in [0.1, 0.15) is 33.3 Å². The summed E-state index contributed by atoms with van der Waals surface area (Å²) in [4.78, 5) is 29.2. The average Bonchev–Trinajstić information content (AvgIpc) is 3.26. The number of amides is 1. The lowest BCUT2D eigenvalue weighted by molar-refractivity contribution is 0.0733. The van der Waals surface area contributed by atoms with E-state index < -0.39 is 5.97 Å². The normalized spacial score (nSPS) is 10.5. The molecule has 0 aliphatic rings. The molecule has 0 atom stereocenters. The molecular formula is C24H20N4O3. The number of aromatic nitrogens is 3. The quantitative estimate of drug-likeness (QED) is 0.377. The lowest BCUT2D eigenvalue weighted by atomic mass is 10.2. The zero-order valence-electron chi connectivity index (χ0n) is 16.9. The van der Waals surface area contributed by atoms with Crippen molar-refractivity contribution in [2.75, 3.05) is 5.32 Å². The van der Waals surface area contributed by atoms with Crippen molar-refractivity contribution in [1.82, 2.24) is 14.8 Å². The van der Waals surface area contributed by atoms with Gasteiger partial charge in [-0.05, 0) is 55.0 Å². The highest BCUT2D eigenvalue weighted by molar-refractivity contribution is 6.04. The smallest absolute Gasteiger partial charge is 0.347 e. The number of carbonyl (C=O) groups excluding carboxylic acids is 2. The summed E-state index contributed by atoms with van der Waals surface area (Å²) in [5.74, 6) is 0.298. The first-order valence-corrected chi connectivity index (χ1v) is 9.82. The number of nitrogens with one attached hydrogen (secondary N) is 1. The molecular weight excluding hydrogens is 392 g/mol. The van der Waals surface area contributed by atoms with Gasteiger partial charge in [0.05, 0.1) is 11.9 Å². The van der Waals surface area contributed by atoms with Crippen molar-refractivity contribution in [1.29, 1.82) is 0 Å². The Morgan fingerprint density at radius 2 is 1.71 bits per heavy atom. The molecule has 0 spiro atoms. The Bertz CT molecular complexity index is 1190. The fraction of sp³-hybridized carbons (Fsp3) is 0.0833. The van der Waals surface area contributed by atoms with Gasteiger partial charge in [0, 0.05) is 17.4 Å². The van der Waals surface area contributed by atoms with Crippen molar-refractivity contribution < 1.29 is 14.3 Å². The Morgan fingerprint density at radius 1 is 0.968 bits per heavy atom. The molecule has 7 nitrogen and oxygen atoms in total. The fourth-order valence-corrected chi connectivity index (χ4v) is 3.12. The second-order valence-corrected chi connectivity index (χ2v) is 6.69. The number of carbonyl (C=O) groups is 2. The molecule has 31 heavy (non-hydrogen) atoms. The van der Waals surface area contributed by atoms with Crippen molar-refractivity contribution in [3.8, 4) is 11.6 Å². The Balaban J connectivity index is 1.46. The van der Waals surface area contributed by atoms with E-state index in [-0.39, 0.29) is 5.91 Å². The van der Waals surface area contributed by atoms with Gasteiger partial charge in [-0.25, -0.2) is 14.5 Å². The van der Waals surface area contributed by atoms with Gasteiger partial charge in [-0.15, -0.1) is 0 Å². The Morgan fingerprint density at radius 3 is 2.39 bits per heavy atom. The number of hydrogen-bond acceptors (Lipinski definition) is 5. The monoisotopic (exact) mass is 412 g/mol. The minimum Gasteiger partial charge on any atom is -0.423 e. The molecule has 0 aliphatic heterocycles. The summed E-state index contributed by atoms with van der Waals surface area (Å²) < 4.78 is 7.15. The van der Waals surface area contributed by atoms with Gasteiger partial charge < -0.3 is 10.1 Å². The number of pyridine rings is 1. The molecule has 0 saturated carbocycles. The molecule has 1 N–H and O–H groups in total. The molecule has 2 aromatic heterocycles. The topological polar surface area (TPSA) is 86.1 Å². The largest absolute Gasteiger partial charge is 0.423 e. The van der Waals surface area contributed by atoms with Crippen LogP contribution in [0.25, 0.3) is 5.82 Å². The highest BCUT2D eigenvalue weighted by Crippen LogP contribution is 2.20. The minimum absolute atomic E-state index is 0.208. The Labute approximate surface area is 179 Å². The lowest BCUT2D eigenvalue weighted by Gasteiger charge is -2.08. The third-order valence-electron chi connectivity index (χ3n) is 4.65. The summed E-state index contributed by atoms with van der Waals surface area (Å²) in [5.41, 5.74) is 2.27. The van der Waals surface area contributed by atoms with E-state index in [1.807, 2.05) is 31.2 Å². The molecule has 0 fully saturated rings. The highest BCUT2D eigenvalue weighted by atomic mass is 16.5. The molecule has 7 heteroatoms. The van der Waals surface area contributed by atoms with Crippen molar-refractivity contribution >= 4 is 17.6 Å². The van der Waals surface area contributed by atoms with Crippen LogP contribution in [0.4, 0.5) is 5.69 Å². The predicted molar refractivity (Wildman–Crippen MR) is 117 cm³/mol. The number of nitrogens with zero attached hydrogens (tertiary/aromatic N) is 3. The summed E-state index contributed by atoms with van der Waals surface area (Å²) in [5, 5.41) is 7.11. The van der Waals surface area contributed by atoms with E-state index >= 15 is 0 Å². The zero-order valence-corrected chi connectivity index (χ0v) is 16.9. The molecule has 0 unspecified atom stereocenters. The van der Waals surface area contributed by atoms with Gasteiger partial charge in [0.2, 0.25) is 0 Å². The summed E-state index contributed by atoms with van der Waals surface area (Å²) in [7, 11) is 0. The first-order valence-electron chi connectivity index (χ1n) is 9.82. The van der Waals surface area contributed by atoms with Crippen molar-refractivity contribution in [2.24, 2.45) is 0 Å². The molecule has 4 rings (SSSR count). The van der Waals surface area contributed by atoms with E-state index in [1.165, 1.54) is 6.20 Å². The predicted octanol–water partition coefficient (Wildman–Crippen LogP) is 4.30. The number of ether oxygens (including phenoxy) is 1. The zero-order chi connectivity index (χ0) is 21.6. The SMILES string of the molecule is CCc1c(C(=O)Oc2ccc(NC(=O)c3ccccc3)cc2)cnn1-c1ccccn1. The van der Waals surface area contributed by atoms with Crippen LogP contribution in [-0.4, -0.2) is 26.6 Å². The standard InChI is InChI=1S/C24H20N4O3/c1-2-21-20(16-26-28(21)22-10-6-7-15-25-22)24(30)31-19-13-11-18(12-14-19)27-23(29)17-8-4-3-5-9-17/h3-16H,2H2,1H3,(H,27,29). The second-order valence-electron chi connectivity index (χ2n) is 6.69. The Hall–Kier alpha value is -4.26. The summed E-state index contributed by atoms with van der Waals surface area (Å²) in [6.45, 7) is 1.94. The highest BCUT2D eigenvalue weighted by Gasteiger charge is 2.19. The van der Waals surface area contributed by atoms with E-state index in [0.29, 0.717) is 34.8 Å². The van der Waals surface area contributed by atoms with Crippen molar-refractivity contribution in [3.05, 3.63) is 102 Å². The van der Waals surface area contributed by atoms with Crippen LogP contribution in [-0.2, 0) is 6.42 Å². The molecule has 0 aliphatic carbocycles. The Kier molecular flexibility index (Phi) is 5.84. The molecule has 154 valence electrons. The van der Waals surface area contributed by atoms with Gasteiger partial charge in [0.15, 0.2) is 5.82 Å². The summed E-state index contributed by atoms with van der Waals surface area (Å²) >= 11 is 0. The van der Waals surface area contributed by atoms with Gasteiger partial charge >= 0.3 is 5.97 Å². The van der Waals surface area contributed by atoms with Gasteiger partial charge in [0.25, 0.3) is 5.91 Å². The molecule has 1 amide bonds. The second kappa shape index (κ2) is 9.04. The third kappa shape index (κ3) is 4.51. The molecule has 2 heterocycles. The maximum absolute atomic E-state index is 12.7. The van der Waals surface area contributed by atoms with E-state index in [9.17, 15) is 9.59 Å². The number of esters is 1. The maximum atomic E-state index is 12.7. The minimum atomic E-state index is -0.500. The van der Waals surface area contributed by atoms with Gasteiger partial charge in [-0.2, -0.15) is 5.10 Å². The first-order chi connectivity index (χ1) is 15.2. The van der Waals surface area contributed by atoms with Gasteiger partial charge in [-0.3, -0.25) is 4.79 Å². The molecule has 0 radical (unpaired) electrons. The molecule has 0 bridgehead atoms. The lowest BCUT2D eigenvalue weighted by Crippen LogP contribution is -2.13. The van der Waals surface area contributed by atoms with E-state index in [1.54, 1.807) is 59.4 Å². The van der Waals surface area contributed by atoms with E-state index in [0.717, 1.165) is 5.69 Å². The van der Waals surface area contributed by atoms with Gasteiger partial charge in [0.1, 0.15) is 11.3 Å². The van der Waals surface area contributed by atoms with Crippen LogP contribution in [0, 0.1) is 0 Å². The summed E-state index contributed by atoms with van der Waals surface area (Å²) in [6, 6.07) is 21.1. The molecule has 0 saturated heterocycles. The van der Waals surface area contributed by atoms with E-state index in [4.69, 9.17) is 4.74 Å². The molecule has 2 aromatic carbocycles. The number of benzene rings is 2. The van der Waals surface area contributed by atoms with Crippen LogP contribution < -0.4 is 10.1 Å². The van der Waals surface area contributed by atoms with Gasteiger partial charge in [-0.1, -0.05) is 31.2 Å². The number of rotatable bonds is 6. The number of hydrogen-bond donors (Lipinski definition) is 1.